The lowest BCUT2D eigenvalue weighted by Crippen LogP contribution is -1.80. The third-order valence-electron chi connectivity index (χ3n) is 2.44. The lowest BCUT2D eigenvalue weighted by molar-refractivity contribution is 0.305. The van der Waals surface area contributed by atoms with Gasteiger partial charge in [0, 0.05) is 12.0 Å². The molecular formula is C16H14O. The van der Waals surface area contributed by atoms with Crippen molar-refractivity contribution < 1.29 is 5.11 Å². The molecule has 84 valence electrons. The second kappa shape index (κ2) is 5.89. The van der Waals surface area contributed by atoms with Crippen molar-refractivity contribution in [1.29, 1.82) is 0 Å². The van der Waals surface area contributed by atoms with Crippen molar-refractivity contribution >= 4 is 0 Å². The molecular weight excluding hydrogens is 208 g/mol. The van der Waals surface area contributed by atoms with E-state index in [4.69, 9.17) is 5.11 Å². The van der Waals surface area contributed by atoms with E-state index in [9.17, 15) is 0 Å². The molecule has 2 aromatic rings. The van der Waals surface area contributed by atoms with E-state index in [-0.39, 0.29) is 6.61 Å². The summed E-state index contributed by atoms with van der Waals surface area (Å²) in [7, 11) is 0. The lowest BCUT2D eigenvalue weighted by atomic mass is 10.0. The van der Waals surface area contributed by atoms with E-state index >= 15 is 0 Å². The zero-order chi connectivity index (χ0) is 11.9. The number of aliphatic hydroxyl groups excluding tert-OH is 1. The number of benzene rings is 2. The van der Waals surface area contributed by atoms with E-state index in [2.05, 4.69) is 36.1 Å². The normalized spacial score (nSPS) is 9.47. The zero-order valence-corrected chi connectivity index (χ0v) is 9.56. The Kier molecular flexibility index (Phi) is 3.96. The largest absolute Gasteiger partial charge is 0.395 e. The van der Waals surface area contributed by atoms with E-state index in [1.54, 1.807) is 0 Å². The van der Waals surface area contributed by atoms with Crippen molar-refractivity contribution in [3.63, 3.8) is 0 Å². The van der Waals surface area contributed by atoms with Crippen molar-refractivity contribution in [2.75, 3.05) is 6.61 Å². The summed E-state index contributed by atoms with van der Waals surface area (Å²) in [6.07, 6.45) is 0.523. The number of hydrogen-bond acceptors (Lipinski definition) is 1. The molecule has 0 aliphatic heterocycles. The molecule has 0 radical (unpaired) electrons. The predicted molar refractivity (Wildman–Crippen MR) is 70.5 cm³/mol. The van der Waals surface area contributed by atoms with Crippen LogP contribution in [0.25, 0.3) is 11.1 Å². The fourth-order valence-corrected chi connectivity index (χ4v) is 1.63. The predicted octanol–water partition coefficient (Wildman–Crippen LogP) is 3.09. The van der Waals surface area contributed by atoms with Gasteiger partial charge in [-0.1, -0.05) is 54.3 Å². The Morgan fingerprint density at radius 3 is 2.41 bits per heavy atom. The molecule has 17 heavy (non-hydrogen) atoms. The van der Waals surface area contributed by atoms with Gasteiger partial charge in [0.25, 0.3) is 0 Å². The van der Waals surface area contributed by atoms with Crippen LogP contribution >= 0.6 is 0 Å². The number of aliphatic hydroxyl groups is 1. The molecule has 0 saturated heterocycles. The van der Waals surface area contributed by atoms with E-state index in [0.29, 0.717) is 6.42 Å². The van der Waals surface area contributed by atoms with Crippen LogP contribution < -0.4 is 0 Å². The maximum Gasteiger partial charge on any atom is 0.0540 e. The summed E-state index contributed by atoms with van der Waals surface area (Å²) in [4.78, 5) is 0. The molecule has 0 aromatic heterocycles. The van der Waals surface area contributed by atoms with E-state index in [1.807, 2.05) is 30.3 Å². The van der Waals surface area contributed by atoms with Crippen LogP contribution in [-0.4, -0.2) is 11.7 Å². The molecule has 0 bridgehead atoms. The summed E-state index contributed by atoms with van der Waals surface area (Å²) >= 11 is 0. The van der Waals surface area contributed by atoms with Gasteiger partial charge < -0.3 is 5.11 Å². The highest BCUT2D eigenvalue weighted by molar-refractivity contribution is 5.65. The van der Waals surface area contributed by atoms with Crippen LogP contribution in [0.3, 0.4) is 0 Å². The highest BCUT2D eigenvalue weighted by atomic mass is 16.2. The summed E-state index contributed by atoms with van der Waals surface area (Å²) < 4.78 is 0. The lowest BCUT2D eigenvalue weighted by Gasteiger charge is -2.01. The monoisotopic (exact) mass is 222 g/mol. The fourth-order valence-electron chi connectivity index (χ4n) is 1.63. The molecule has 0 aliphatic rings. The summed E-state index contributed by atoms with van der Waals surface area (Å²) in [5.41, 5.74) is 3.35. The SMILES string of the molecule is OCCC#Cc1cccc(-c2ccccc2)c1. The van der Waals surface area contributed by atoms with Crippen molar-refractivity contribution in [2.45, 2.75) is 6.42 Å². The molecule has 2 rings (SSSR count). The Bertz CT molecular complexity index is 532. The van der Waals surface area contributed by atoms with Crippen LogP contribution in [0.1, 0.15) is 12.0 Å². The van der Waals surface area contributed by atoms with Crippen molar-refractivity contribution in [3.05, 3.63) is 60.2 Å². The van der Waals surface area contributed by atoms with Gasteiger partial charge in [0.2, 0.25) is 0 Å². The van der Waals surface area contributed by atoms with Gasteiger partial charge in [-0.2, -0.15) is 0 Å². The van der Waals surface area contributed by atoms with Crippen molar-refractivity contribution in [2.24, 2.45) is 0 Å². The summed E-state index contributed by atoms with van der Waals surface area (Å²) in [6, 6.07) is 18.4. The third kappa shape index (κ3) is 3.21. The molecule has 0 aliphatic carbocycles. The molecule has 0 fully saturated rings. The van der Waals surface area contributed by atoms with Gasteiger partial charge in [-0.05, 0) is 23.3 Å². The van der Waals surface area contributed by atoms with Crippen LogP contribution in [-0.2, 0) is 0 Å². The minimum atomic E-state index is 0.116. The smallest absolute Gasteiger partial charge is 0.0540 e. The highest BCUT2D eigenvalue weighted by Crippen LogP contribution is 2.19. The van der Waals surface area contributed by atoms with Crippen LogP contribution in [0.15, 0.2) is 54.6 Å². The maximum absolute atomic E-state index is 8.67. The number of rotatable bonds is 2. The summed E-state index contributed by atoms with van der Waals surface area (Å²) in [5.74, 6) is 5.98. The molecule has 0 saturated carbocycles. The third-order valence-corrected chi connectivity index (χ3v) is 2.44. The molecule has 1 heteroatoms. The van der Waals surface area contributed by atoms with Crippen molar-refractivity contribution in [3.8, 4) is 23.0 Å². The minimum absolute atomic E-state index is 0.116. The first-order chi connectivity index (χ1) is 8.40. The van der Waals surface area contributed by atoms with Gasteiger partial charge in [-0.3, -0.25) is 0 Å². The van der Waals surface area contributed by atoms with Gasteiger partial charge >= 0.3 is 0 Å². The highest BCUT2D eigenvalue weighted by Gasteiger charge is 1.96. The van der Waals surface area contributed by atoms with Gasteiger partial charge in [0.1, 0.15) is 0 Å². The Labute approximate surface area is 102 Å². The molecule has 1 N–H and O–H groups in total. The second-order valence-electron chi connectivity index (χ2n) is 3.72. The van der Waals surface area contributed by atoms with E-state index < -0.39 is 0 Å². The Morgan fingerprint density at radius 2 is 1.65 bits per heavy atom. The van der Waals surface area contributed by atoms with Gasteiger partial charge in [0.15, 0.2) is 0 Å². The average molecular weight is 222 g/mol. The van der Waals surface area contributed by atoms with E-state index in [0.717, 1.165) is 5.56 Å². The first-order valence-electron chi connectivity index (χ1n) is 5.65. The van der Waals surface area contributed by atoms with Crippen LogP contribution in [0.2, 0.25) is 0 Å². The minimum Gasteiger partial charge on any atom is -0.395 e. The topological polar surface area (TPSA) is 20.2 Å². The van der Waals surface area contributed by atoms with Crippen LogP contribution in [0, 0.1) is 11.8 Å². The zero-order valence-electron chi connectivity index (χ0n) is 9.56. The van der Waals surface area contributed by atoms with Gasteiger partial charge in [-0.25, -0.2) is 0 Å². The average Bonchev–Trinajstić information content (AvgIpc) is 2.41. The Morgan fingerprint density at radius 1 is 0.882 bits per heavy atom. The molecule has 0 amide bonds. The molecule has 2 aromatic carbocycles. The molecule has 0 unspecified atom stereocenters. The summed E-state index contributed by atoms with van der Waals surface area (Å²) in [6.45, 7) is 0.116. The van der Waals surface area contributed by atoms with Gasteiger partial charge in [-0.15, -0.1) is 0 Å². The quantitative estimate of drug-likeness (QED) is 0.774. The Balaban J connectivity index is 2.27. The van der Waals surface area contributed by atoms with E-state index in [1.165, 1.54) is 11.1 Å². The molecule has 0 spiro atoms. The first-order valence-corrected chi connectivity index (χ1v) is 5.65. The second-order valence-corrected chi connectivity index (χ2v) is 3.72. The fraction of sp³-hybridized carbons (Fsp3) is 0.125. The maximum atomic E-state index is 8.67. The van der Waals surface area contributed by atoms with Gasteiger partial charge in [0.05, 0.1) is 6.61 Å². The first kappa shape index (κ1) is 11.4. The molecule has 1 nitrogen and oxygen atoms in total. The van der Waals surface area contributed by atoms with Crippen LogP contribution in [0.5, 0.6) is 0 Å². The number of hydrogen-bond donors (Lipinski definition) is 1. The standard InChI is InChI=1S/C16H14O/c17-12-5-4-7-14-8-6-11-16(13-14)15-9-2-1-3-10-15/h1-3,6,8-11,13,17H,5,12H2. The molecule has 0 heterocycles. The van der Waals surface area contributed by atoms with Crippen LogP contribution in [0.4, 0.5) is 0 Å². The molecule has 0 atom stereocenters. The summed E-state index contributed by atoms with van der Waals surface area (Å²) in [5, 5.41) is 8.67. The Hall–Kier alpha value is -2.04. The van der Waals surface area contributed by atoms with Crippen molar-refractivity contribution in [1.82, 2.24) is 0 Å².